The molecule has 2 aromatic heterocycles. The molecule has 1 aromatic carbocycles. The molecule has 0 fully saturated rings. The van der Waals surface area contributed by atoms with Crippen LogP contribution in [0.4, 0.5) is 5.69 Å². The van der Waals surface area contributed by atoms with Crippen LogP contribution in [-0.4, -0.2) is 21.3 Å². The molecule has 0 spiro atoms. The molecule has 0 aliphatic rings. The van der Waals surface area contributed by atoms with Crippen molar-refractivity contribution in [1.29, 1.82) is 0 Å². The Kier molecular flexibility index (Phi) is 4.47. The fraction of sp³-hybridized carbons (Fsp3) is 0.222. The maximum Gasteiger partial charge on any atom is 0.264 e. The molecule has 25 heavy (non-hydrogen) atoms. The zero-order chi connectivity index (χ0) is 18.0. The minimum atomic E-state index is -0.264. The smallest absolute Gasteiger partial charge is 0.264 e. The number of aryl methyl sites for hydroxylation is 3. The third-order valence-corrected chi connectivity index (χ3v) is 3.96. The zero-order valence-corrected chi connectivity index (χ0v) is 14.2. The lowest BCUT2D eigenvalue weighted by Crippen LogP contribution is -2.15. The second kappa shape index (κ2) is 6.72. The average molecular weight is 338 g/mol. The molecule has 0 saturated heterocycles. The van der Waals surface area contributed by atoms with Crippen molar-refractivity contribution >= 4 is 11.6 Å². The quantitative estimate of drug-likeness (QED) is 0.762. The molecular weight excluding hydrogens is 320 g/mol. The van der Waals surface area contributed by atoms with Crippen molar-refractivity contribution in [3.05, 3.63) is 63.3 Å². The largest absolute Gasteiger partial charge is 0.361 e. The number of rotatable bonds is 4. The molecule has 3 aromatic rings. The summed E-state index contributed by atoms with van der Waals surface area (Å²) in [5.41, 5.74) is 3.81. The minimum Gasteiger partial charge on any atom is -0.361 e. The Hall–Kier alpha value is -3.22. The van der Waals surface area contributed by atoms with Crippen LogP contribution in [0.3, 0.4) is 0 Å². The van der Waals surface area contributed by atoms with Crippen molar-refractivity contribution in [3.8, 4) is 11.3 Å². The van der Waals surface area contributed by atoms with E-state index < -0.39 is 0 Å². The Morgan fingerprint density at radius 2 is 2.04 bits per heavy atom. The third kappa shape index (κ3) is 3.35. The summed E-state index contributed by atoms with van der Waals surface area (Å²) in [7, 11) is 0. The third-order valence-electron chi connectivity index (χ3n) is 3.96. The van der Waals surface area contributed by atoms with Crippen LogP contribution in [0.2, 0.25) is 0 Å². The molecule has 7 nitrogen and oxygen atoms in total. The van der Waals surface area contributed by atoms with E-state index in [1.165, 1.54) is 6.07 Å². The van der Waals surface area contributed by atoms with Gasteiger partial charge in [0.25, 0.3) is 11.5 Å². The molecule has 0 radical (unpaired) electrons. The van der Waals surface area contributed by atoms with Crippen LogP contribution in [0.25, 0.3) is 11.3 Å². The Bertz CT molecular complexity index is 968. The van der Waals surface area contributed by atoms with Crippen molar-refractivity contribution in [2.24, 2.45) is 0 Å². The maximum atomic E-state index is 12.6. The van der Waals surface area contributed by atoms with E-state index in [0.717, 1.165) is 11.1 Å². The van der Waals surface area contributed by atoms with E-state index in [2.05, 4.69) is 20.7 Å². The van der Waals surface area contributed by atoms with Gasteiger partial charge in [-0.05, 0) is 38.0 Å². The van der Waals surface area contributed by atoms with Gasteiger partial charge in [0.1, 0.15) is 11.3 Å². The van der Waals surface area contributed by atoms with Gasteiger partial charge >= 0.3 is 0 Å². The number of hydrogen-bond acceptors (Lipinski definition) is 5. The topological polar surface area (TPSA) is 101 Å². The SMILES string of the molecule is CCc1noc(C)c1C(=O)Nc1cc(-c2ccc(=O)[nH]n2)ccc1C. The standard InChI is InChI=1S/C18H18N4O3/c1-4-13-17(11(3)25-22-13)18(24)19-15-9-12(6-5-10(15)2)14-7-8-16(23)21-20-14/h5-9H,4H2,1-3H3,(H,19,24)(H,21,23). The summed E-state index contributed by atoms with van der Waals surface area (Å²) < 4.78 is 5.13. The van der Waals surface area contributed by atoms with Gasteiger partial charge in [0, 0.05) is 17.3 Å². The monoisotopic (exact) mass is 338 g/mol. The lowest BCUT2D eigenvalue weighted by Gasteiger charge is -2.10. The molecule has 0 bridgehead atoms. The summed E-state index contributed by atoms with van der Waals surface area (Å²) in [5.74, 6) is 0.232. The van der Waals surface area contributed by atoms with Gasteiger partial charge in [-0.15, -0.1) is 0 Å². The Morgan fingerprint density at radius 3 is 2.72 bits per heavy atom. The highest BCUT2D eigenvalue weighted by atomic mass is 16.5. The second-order valence-electron chi connectivity index (χ2n) is 5.70. The lowest BCUT2D eigenvalue weighted by molar-refractivity contribution is 0.102. The fourth-order valence-electron chi connectivity index (χ4n) is 2.56. The molecule has 0 aliphatic carbocycles. The van der Waals surface area contributed by atoms with Gasteiger partial charge in [-0.3, -0.25) is 9.59 Å². The highest BCUT2D eigenvalue weighted by Gasteiger charge is 2.20. The van der Waals surface area contributed by atoms with Crippen LogP contribution in [-0.2, 0) is 6.42 Å². The van der Waals surface area contributed by atoms with E-state index in [1.54, 1.807) is 13.0 Å². The van der Waals surface area contributed by atoms with Gasteiger partial charge < -0.3 is 9.84 Å². The number of nitrogens with zero attached hydrogens (tertiary/aromatic N) is 2. The molecule has 0 atom stereocenters. The summed E-state index contributed by atoms with van der Waals surface area (Å²) in [5, 5.41) is 13.2. The zero-order valence-electron chi connectivity index (χ0n) is 14.2. The molecule has 3 rings (SSSR count). The summed E-state index contributed by atoms with van der Waals surface area (Å²) in [4.78, 5) is 23.8. The predicted octanol–water partition coefficient (Wildman–Crippen LogP) is 2.86. The number of aromatic nitrogens is 3. The van der Waals surface area contributed by atoms with Crippen LogP contribution in [0, 0.1) is 13.8 Å². The van der Waals surface area contributed by atoms with Gasteiger partial charge in [0.2, 0.25) is 0 Å². The van der Waals surface area contributed by atoms with E-state index in [1.807, 2.05) is 32.0 Å². The Morgan fingerprint density at radius 1 is 1.24 bits per heavy atom. The van der Waals surface area contributed by atoms with Crippen LogP contribution in [0.15, 0.2) is 39.6 Å². The summed E-state index contributed by atoms with van der Waals surface area (Å²) in [6.45, 7) is 5.54. The second-order valence-corrected chi connectivity index (χ2v) is 5.70. The van der Waals surface area contributed by atoms with Crippen LogP contribution >= 0.6 is 0 Å². The molecule has 0 aliphatic heterocycles. The first-order valence-electron chi connectivity index (χ1n) is 7.93. The highest BCUT2D eigenvalue weighted by Crippen LogP contribution is 2.25. The summed E-state index contributed by atoms with van der Waals surface area (Å²) in [6.07, 6.45) is 0.612. The number of nitrogens with one attached hydrogen (secondary N) is 2. The van der Waals surface area contributed by atoms with Crippen LogP contribution in [0.5, 0.6) is 0 Å². The summed E-state index contributed by atoms with van der Waals surface area (Å²) in [6, 6.07) is 8.64. The van der Waals surface area contributed by atoms with Crippen LogP contribution < -0.4 is 10.9 Å². The van der Waals surface area contributed by atoms with Gasteiger partial charge in [0.15, 0.2) is 0 Å². The Balaban J connectivity index is 1.93. The van der Waals surface area contributed by atoms with E-state index in [4.69, 9.17) is 4.52 Å². The van der Waals surface area contributed by atoms with Crippen molar-refractivity contribution in [1.82, 2.24) is 15.4 Å². The number of hydrogen-bond donors (Lipinski definition) is 2. The van der Waals surface area contributed by atoms with Gasteiger partial charge in [0.05, 0.1) is 11.4 Å². The van der Waals surface area contributed by atoms with Crippen molar-refractivity contribution in [3.63, 3.8) is 0 Å². The molecular formula is C18H18N4O3. The fourth-order valence-corrected chi connectivity index (χ4v) is 2.56. The number of amides is 1. The van der Waals surface area contributed by atoms with Crippen LogP contribution in [0.1, 0.15) is 34.3 Å². The lowest BCUT2D eigenvalue weighted by atomic mass is 10.1. The molecule has 128 valence electrons. The number of aromatic amines is 1. The van der Waals surface area contributed by atoms with Gasteiger partial charge in [-0.25, -0.2) is 5.10 Å². The first kappa shape index (κ1) is 16.6. The van der Waals surface area contributed by atoms with Gasteiger partial charge in [-0.2, -0.15) is 5.10 Å². The first-order valence-corrected chi connectivity index (χ1v) is 7.93. The van der Waals surface area contributed by atoms with Gasteiger partial charge in [-0.1, -0.05) is 24.2 Å². The normalized spacial score (nSPS) is 10.7. The first-order chi connectivity index (χ1) is 12.0. The summed E-state index contributed by atoms with van der Waals surface area (Å²) >= 11 is 0. The van der Waals surface area contributed by atoms with E-state index in [-0.39, 0.29) is 11.5 Å². The van der Waals surface area contributed by atoms with Crippen molar-refractivity contribution in [2.75, 3.05) is 5.32 Å². The number of anilines is 1. The van der Waals surface area contributed by atoms with E-state index in [0.29, 0.717) is 34.8 Å². The van der Waals surface area contributed by atoms with Crippen molar-refractivity contribution < 1.29 is 9.32 Å². The maximum absolute atomic E-state index is 12.6. The number of carbonyl (C=O) groups is 1. The molecule has 2 heterocycles. The van der Waals surface area contributed by atoms with E-state index in [9.17, 15) is 9.59 Å². The molecule has 1 amide bonds. The molecule has 2 N–H and O–H groups in total. The average Bonchev–Trinajstić information content (AvgIpc) is 2.98. The molecule has 0 unspecified atom stereocenters. The Labute approximate surface area is 144 Å². The number of H-pyrrole nitrogens is 1. The number of carbonyl (C=O) groups excluding carboxylic acids is 1. The molecule has 0 saturated carbocycles. The predicted molar refractivity (Wildman–Crippen MR) is 93.6 cm³/mol. The minimum absolute atomic E-state index is 0.259. The van der Waals surface area contributed by atoms with Crippen molar-refractivity contribution in [2.45, 2.75) is 27.2 Å². The van der Waals surface area contributed by atoms with E-state index >= 15 is 0 Å². The molecule has 7 heteroatoms. The number of benzene rings is 1. The highest BCUT2D eigenvalue weighted by molar-refractivity contribution is 6.06.